The third kappa shape index (κ3) is 5.92. The second-order valence-corrected chi connectivity index (χ2v) is 6.45. The Kier molecular flexibility index (Phi) is 6.52. The van der Waals surface area contributed by atoms with Gasteiger partial charge in [0, 0.05) is 19.3 Å². The van der Waals surface area contributed by atoms with E-state index in [2.05, 4.69) is 63.9 Å². The van der Waals surface area contributed by atoms with Crippen molar-refractivity contribution in [3.63, 3.8) is 0 Å². The number of nitrogens with zero attached hydrogens (tertiary/aromatic N) is 2. The van der Waals surface area contributed by atoms with E-state index in [1.54, 1.807) is 12.3 Å². The van der Waals surface area contributed by atoms with Crippen molar-refractivity contribution >= 4 is 11.9 Å². The predicted octanol–water partition coefficient (Wildman–Crippen LogP) is 3.76. The molecule has 5 heteroatoms. The van der Waals surface area contributed by atoms with Crippen molar-refractivity contribution < 1.29 is 4.79 Å². The van der Waals surface area contributed by atoms with E-state index in [0.29, 0.717) is 24.7 Å². The largest absolute Gasteiger partial charge is 0.351 e. The maximum atomic E-state index is 12.3. The van der Waals surface area contributed by atoms with Crippen LogP contribution in [0.4, 0.5) is 5.95 Å². The Balaban J connectivity index is 1.47. The highest BCUT2D eigenvalue weighted by Crippen LogP contribution is 2.07. The number of carbonyl (C=O) groups excluding carboxylic acids is 1. The van der Waals surface area contributed by atoms with Crippen molar-refractivity contribution in [2.24, 2.45) is 0 Å². The second-order valence-electron chi connectivity index (χ2n) is 6.45. The lowest BCUT2D eigenvalue weighted by Gasteiger charge is -2.08. The molecule has 0 aliphatic heterocycles. The van der Waals surface area contributed by atoms with Gasteiger partial charge < -0.3 is 10.6 Å². The van der Waals surface area contributed by atoms with Crippen LogP contribution in [0.5, 0.6) is 0 Å². The minimum absolute atomic E-state index is 0.177. The first-order valence-electron chi connectivity index (χ1n) is 9.15. The molecule has 3 aromatic rings. The summed E-state index contributed by atoms with van der Waals surface area (Å²) in [5.74, 6) is 0.274. The number of carbonyl (C=O) groups is 1. The lowest BCUT2D eigenvalue weighted by Crippen LogP contribution is -2.26. The molecule has 0 unspecified atom stereocenters. The first-order chi connectivity index (χ1) is 13.2. The first-order valence-corrected chi connectivity index (χ1v) is 9.15. The summed E-state index contributed by atoms with van der Waals surface area (Å²) < 4.78 is 0. The number of nitrogens with one attached hydrogen (secondary N) is 2. The summed E-state index contributed by atoms with van der Waals surface area (Å²) >= 11 is 0. The van der Waals surface area contributed by atoms with Crippen LogP contribution in [0, 0.1) is 6.92 Å². The molecule has 0 saturated heterocycles. The molecule has 0 aliphatic rings. The van der Waals surface area contributed by atoms with Crippen LogP contribution < -0.4 is 10.6 Å². The topological polar surface area (TPSA) is 66.9 Å². The quantitative estimate of drug-likeness (QED) is 0.600. The van der Waals surface area contributed by atoms with Crippen LogP contribution in [-0.4, -0.2) is 22.4 Å². The number of anilines is 1. The summed E-state index contributed by atoms with van der Waals surface area (Å²) in [7, 11) is 0. The summed E-state index contributed by atoms with van der Waals surface area (Å²) in [6.07, 6.45) is 3.43. The molecule has 0 spiro atoms. The van der Waals surface area contributed by atoms with E-state index in [9.17, 15) is 4.79 Å². The summed E-state index contributed by atoms with van der Waals surface area (Å²) in [6, 6.07) is 20.1. The van der Waals surface area contributed by atoms with Gasteiger partial charge in [0.1, 0.15) is 5.69 Å². The molecule has 0 atom stereocenters. The van der Waals surface area contributed by atoms with Gasteiger partial charge in [0.05, 0.1) is 0 Å². The fourth-order valence-electron chi connectivity index (χ4n) is 2.69. The van der Waals surface area contributed by atoms with Gasteiger partial charge >= 0.3 is 0 Å². The van der Waals surface area contributed by atoms with Crippen molar-refractivity contribution in [2.45, 2.75) is 26.3 Å². The van der Waals surface area contributed by atoms with Gasteiger partial charge in [-0.1, -0.05) is 60.2 Å². The van der Waals surface area contributed by atoms with E-state index in [1.165, 1.54) is 11.1 Å². The van der Waals surface area contributed by atoms with E-state index < -0.39 is 0 Å². The van der Waals surface area contributed by atoms with Crippen LogP contribution in [0.1, 0.15) is 33.6 Å². The van der Waals surface area contributed by atoms with Gasteiger partial charge in [0.2, 0.25) is 5.95 Å². The zero-order valence-electron chi connectivity index (χ0n) is 15.5. The molecule has 0 saturated carbocycles. The zero-order valence-corrected chi connectivity index (χ0v) is 15.5. The van der Waals surface area contributed by atoms with Gasteiger partial charge in [-0.2, -0.15) is 0 Å². The second kappa shape index (κ2) is 9.48. The minimum atomic E-state index is -0.177. The molecule has 5 nitrogen and oxygen atoms in total. The third-order valence-corrected chi connectivity index (χ3v) is 4.23. The number of benzene rings is 2. The van der Waals surface area contributed by atoms with Crippen molar-refractivity contribution in [1.29, 1.82) is 0 Å². The van der Waals surface area contributed by atoms with Crippen LogP contribution in [0.25, 0.3) is 0 Å². The van der Waals surface area contributed by atoms with E-state index in [0.717, 1.165) is 18.4 Å². The summed E-state index contributed by atoms with van der Waals surface area (Å²) in [5.41, 5.74) is 4.01. The molecule has 138 valence electrons. The van der Waals surface area contributed by atoms with Crippen LogP contribution in [0.3, 0.4) is 0 Å². The van der Waals surface area contributed by atoms with E-state index >= 15 is 0 Å². The number of hydrogen-bond acceptors (Lipinski definition) is 4. The Morgan fingerprint density at radius 1 is 0.963 bits per heavy atom. The average Bonchev–Trinajstić information content (AvgIpc) is 2.71. The van der Waals surface area contributed by atoms with Gasteiger partial charge in [-0.05, 0) is 37.0 Å². The van der Waals surface area contributed by atoms with Crippen LogP contribution in [-0.2, 0) is 13.0 Å². The number of amides is 1. The number of hydrogen-bond donors (Lipinski definition) is 2. The van der Waals surface area contributed by atoms with Crippen molar-refractivity contribution in [2.75, 3.05) is 11.9 Å². The highest BCUT2D eigenvalue weighted by molar-refractivity contribution is 5.92. The molecule has 0 bridgehead atoms. The number of rotatable bonds is 8. The number of aromatic nitrogens is 2. The van der Waals surface area contributed by atoms with Crippen molar-refractivity contribution in [3.05, 3.63) is 89.2 Å². The van der Waals surface area contributed by atoms with Gasteiger partial charge in [-0.15, -0.1) is 0 Å². The lowest BCUT2D eigenvalue weighted by atomic mass is 10.1. The highest BCUT2D eigenvalue weighted by Gasteiger charge is 2.08. The van der Waals surface area contributed by atoms with E-state index in [-0.39, 0.29) is 5.91 Å². The fraction of sp³-hybridized carbons (Fsp3) is 0.227. The first kappa shape index (κ1) is 18.6. The molecule has 27 heavy (non-hydrogen) atoms. The van der Waals surface area contributed by atoms with E-state index in [1.807, 2.05) is 18.2 Å². The standard InChI is InChI=1S/C22H24N4O/c1-17-9-11-19(12-10-17)16-25-22-24-15-13-20(26-22)21(27)23-14-5-8-18-6-3-2-4-7-18/h2-4,6-7,9-13,15H,5,8,14,16H2,1H3,(H,23,27)(H,24,25,26). The fourth-order valence-corrected chi connectivity index (χ4v) is 2.69. The Labute approximate surface area is 159 Å². The molecule has 2 N–H and O–H groups in total. The maximum absolute atomic E-state index is 12.3. The number of aryl methyl sites for hydroxylation is 2. The average molecular weight is 360 g/mol. The zero-order chi connectivity index (χ0) is 18.9. The smallest absolute Gasteiger partial charge is 0.270 e. The van der Waals surface area contributed by atoms with Crippen LogP contribution in [0.2, 0.25) is 0 Å². The van der Waals surface area contributed by atoms with E-state index in [4.69, 9.17) is 0 Å². The SMILES string of the molecule is Cc1ccc(CNc2nccc(C(=O)NCCCc3ccccc3)n2)cc1. The summed E-state index contributed by atoms with van der Waals surface area (Å²) in [5, 5.41) is 6.08. The molecule has 0 aliphatic carbocycles. The Morgan fingerprint density at radius 2 is 1.74 bits per heavy atom. The van der Waals surface area contributed by atoms with Gasteiger partial charge in [-0.25, -0.2) is 9.97 Å². The monoisotopic (exact) mass is 360 g/mol. The van der Waals surface area contributed by atoms with Gasteiger partial charge in [-0.3, -0.25) is 4.79 Å². The molecular formula is C22H24N4O. The van der Waals surface area contributed by atoms with Crippen LogP contribution in [0.15, 0.2) is 66.9 Å². The molecule has 2 aromatic carbocycles. The summed E-state index contributed by atoms with van der Waals surface area (Å²) in [6.45, 7) is 3.29. The molecular weight excluding hydrogens is 336 g/mol. The predicted molar refractivity (Wildman–Crippen MR) is 108 cm³/mol. The Hall–Kier alpha value is -3.21. The molecule has 0 fully saturated rings. The summed E-state index contributed by atoms with van der Waals surface area (Å²) in [4.78, 5) is 20.8. The van der Waals surface area contributed by atoms with Crippen LogP contribution >= 0.6 is 0 Å². The van der Waals surface area contributed by atoms with Crippen molar-refractivity contribution in [1.82, 2.24) is 15.3 Å². The van der Waals surface area contributed by atoms with Crippen molar-refractivity contribution in [3.8, 4) is 0 Å². The third-order valence-electron chi connectivity index (χ3n) is 4.23. The molecule has 0 radical (unpaired) electrons. The normalized spacial score (nSPS) is 10.4. The minimum Gasteiger partial charge on any atom is -0.351 e. The molecule has 1 amide bonds. The Morgan fingerprint density at radius 3 is 2.52 bits per heavy atom. The molecule has 3 rings (SSSR count). The highest BCUT2D eigenvalue weighted by atomic mass is 16.1. The molecule has 1 aromatic heterocycles. The van der Waals surface area contributed by atoms with Gasteiger partial charge in [0.15, 0.2) is 0 Å². The Bertz CT molecular complexity index is 863. The lowest BCUT2D eigenvalue weighted by molar-refractivity contribution is 0.0948. The molecule has 1 heterocycles. The van der Waals surface area contributed by atoms with Gasteiger partial charge in [0.25, 0.3) is 5.91 Å². The maximum Gasteiger partial charge on any atom is 0.270 e.